The first-order valence-corrected chi connectivity index (χ1v) is 14.4. The zero-order valence-corrected chi connectivity index (χ0v) is 25.4. The van der Waals surface area contributed by atoms with Gasteiger partial charge in [0.2, 0.25) is 9.76 Å². The van der Waals surface area contributed by atoms with Crippen LogP contribution in [0.3, 0.4) is 0 Å². The van der Waals surface area contributed by atoms with Crippen LogP contribution in [-0.2, 0) is 21.4 Å². The van der Waals surface area contributed by atoms with Crippen molar-refractivity contribution in [3.05, 3.63) is 74.1 Å². The Kier molecular flexibility index (Phi) is 7.48. The predicted molar refractivity (Wildman–Crippen MR) is 153 cm³/mol. The fourth-order valence-electron chi connectivity index (χ4n) is 4.35. The van der Waals surface area contributed by atoms with Crippen LogP contribution < -0.4 is 5.56 Å². The van der Waals surface area contributed by atoms with E-state index >= 15 is 0 Å². The molecule has 0 amide bonds. The molecule has 2 aromatic carbocycles. The van der Waals surface area contributed by atoms with Crippen molar-refractivity contribution in [2.75, 3.05) is 0 Å². The van der Waals surface area contributed by atoms with Gasteiger partial charge in [-0.2, -0.15) is 0 Å². The van der Waals surface area contributed by atoms with Gasteiger partial charge in [-0.3, -0.25) is 9.36 Å². The van der Waals surface area contributed by atoms with E-state index in [4.69, 9.17) is 9.16 Å². The van der Waals surface area contributed by atoms with Gasteiger partial charge < -0.3 is 9.16 Å². The minimum absolute atomic E-state index is 0.0317. The number of fused-ring (bicyclic) bond motifs is 1. The molecule has 1 aromatic heterocycles. The predicted octanol–water partition coefficient (Wildman–Crippen LogP) is 8.04. The highest BCUT2D eigenvalue weighted by atomic mass is 79.9. The third-order valence-corrected chi connectivity index (χ3v) is 8.15. The molecule has 4 rings (SSSR count). The average molecular weight is 569 g/mol. The summed E-state index contributed by atoms with van der Waals surface area (Å²) >= 11 is 3.78. The molecule has 1 fully saturated rings. The van der Waals surface area contributed by atoms with Crippen molar-refractivity contribution in [2.45, 2.75) is 97.0 Å². The summed E-state index contributed by atoms with van der Waals surface area (Å²) in [6.07, 6.45) is 2.46. The first kappa shape index (κ1) is 27.3. The van der Waals surface area contributed by atoms with Crippen LogP contribution in [0.1, 0.15) is 91.0 Å². The molecule has 0 saturated heterocycles. The van der Waals surface area contributed by atoms with Crippen LogP contribution in [0.4, 0.5) is 0 Å². The Hall–Kier alpha value is -1.73. The Morgan fingerprint density at radius 3 is 2.31 bits per heavy atom. The number of aromatic nitrogens is 1. The Labute approximate surface area is 226 Å². The van der Waals surface area contributed by atoms with Gasteiger partial charge in [0.05, 0.1) is 29.2 Å². The topological polar surface area (TPSA) is 40.5 Å². The molecule has 0 N–H and O–H groups in total. The van der Waals surface area contributed by atoms with Crippen LogP contribution in [0.25, 0.3) is 16.5 Å². The first-order chi connectivity index (χ1) is 16.7. The van der Waals surface area contributed by atoms with E-state index in [1.807, 2.05) is 49.6 Å². The van der Waals surface area contributed by atoms with E-state index in [0.717, 1.165) is 32.2 Å². The minimum Gasteiger partial charge on any atom is -0.408 e. The highest BCUT2D eigenvalue weighted by Crippen LogP contribution is 2.41. The Morgan fingerprint density at radius 1 is 1.00 bits per heavy atom. The van der Waals surface area contributed by atoms with Crippen LogP contribution in [0.15, 0.2) is 51.7 Å². The summed E-state index contributed by atoms with van der Waals surface area (Å²) in [5.41, 5.74) is 2.95. The Balaban J connectivity index is 1.93. The van der Waals surface area contributed by atoms with Gasteiger partial charge in [0.1, 0.15) is 0 Å². The maximum atomic E-state index is 14.1. The molecule has 6 heteroatoms. The number of hydrogen-bond donors (Lipinski definition) is 0. The second-order valence-electron chi connectivity index (χ2n) is 12.4. The van der Waals surface area contributed by atoms with Crippen molar-refractivity contribution in [1.82, 2.24) is 4.57 Å². The number of halogens is 1. The Morgan fingerprint density at radius 2 is 1.69 bits per heavy atom. The number of hydrogen-bond acceptors (Lipinski definition) is 3. The van der Waals surface area contributed by atoms with Gasteiger partial charge in [-0.15, -0.1) is 0 Å². The zero-order valence-electron chi connectivity index (χ0n) is 22.8. The normalized spacial score (nSPS) is 15.0. The van der Waals surface area contributed by atoms with Crippen molar-refractivity contribution in [2.24, 2.45) is 0 Å². The molecule has 4 nitrogen and oxygen atoms in total. The van der Waals surface area contributed by atoms with Gasteiger partial charge >= 0.3 is 0 Å². The van der Waals surface area contributed by atoms with Crippen LogP contribution >= 0.6 is 15.9 Å². The van der Waals surface area contributed by atoms with E-state index in [-0.39, 0.29) is 16.2 Å². The molecule has 1 heterocycles. The summed E-state index contributed by atoms with van der Waals surface area (Å²) in [5, 5.41) is 1.75. The number of rotatable bonds is 7. The smallest absolute Gasteiger partial charge is 0.263 e. The number of nitrogens with zero attached hydrogens (tertiary/aromatic N) is 1. The van der Waals surface area contributed by atoms with Gasteiger partial charge in [-0.1, -0.05) is 54.9 Å². The molecular weight excluding hydrogens is 530 g/mol. The van der Waals surface area contributed by atoms with Crippen molar-refractivity contribution in [3.8, 4) is 5.69 Å². The highest BCUT2D eigenvalue weighted by molar-refractivity contribution is 9.10. The Bertz CT molecular complexity index is 1330. The van der Waals surface area contributed by atoms with E-state index in [9.17, 15) is 4.79 Å². The van der Waals surface area contributed by atoms with Crippen molar-refractivity contribution in [1.29, 1.82) is 0 Å². The molecule has 0 bridgehead atoms. The summed E-state index contributed by atoms with van der Waals surface area (Å²) in [5.74, 6) is 0.629. The van der Waals surface area contributed by atoms with E-state index in [0.29, 0.717) is 22.3 Å². The van der Waals surface area contributed by atoms with E-state index in [1.54, 1.807) is 0 Å². The van der Waals surface area contributed by atoms with Gasteiger partial charge in [-0.05, 0) is 93.6 Å². The molecule has 0 atom stereocenters. The lowest BCUT2D eigenvalue weighted by Crippen LogP contribution is -2.32. The van der Waals surface area contributed by atoms with Crippen LogP contribution in [-0.4, -0.2) is 19.9 Å². The molecule has 2 radical (unpaired) electrons. The lowest BCUT2D eigenvalue weighted by molar-refractivity contribution is -0.0172. The number of pyridine rings is 1. The molecule has 1 aliphatic rings. The van der Waals surface area contributed by atoms with Crippen LogP contribution in [0, 0.1) is 0 Å². The lowest BCUT2D eigenvalue weighted by Gasteiger charge is -2.33. The SMILES string of the molecule is CC(C)(C)OCc1cc2cc(C3CC3)ccc2c(=O)n1-c1cccc(Br)c1C(C)(C)O[Si]C(C)(C)C. The van der Waals surface area contributed by atoms with Crippen LogP contribution in [0.2, 0.25) is 5.04 Å². The van der Waals surface area contributed by atoms with Gasteiger partial charge in [-0.25, -0.2) is 0 Å². The van der Waals surface area contributed by atoms with E-state index in [2.05, 4.69) is 68.7 Å². The molecule has 1 aliphatic carbocycles. The number of ether oxygens (including phenoxy) is 1. The van der Waals surface area contributed by atoms with Crippen LogP contribution in [0.5, 0.6) is 0 Å². The summed E-state index contributed by atoms with van der Waals surface area (Å²) in [6, 6.07) is 14.4. The molecule has 0 unspecified atom stereocenters. The molecule has 3 aromatic rings. The molecule has 0 aliphatic heterocycles. The van der Waals surface area contributed by atoms with Crippen molar-refractivity contribution in [3.63, 3.8) is 0 Å². The van der Waals surface area contributed by atoms with Gasteiger partial charge in [0, 0.05) is 15.4 Å². The summed E-state index contributed by atoms with van der Waals surface area (Å²) in [4.78, 5) is 14.1. The second kappa shape index (κ2) is 9.86. The summed E-state index contributed by atoms with van der Waals surface area (Å²) < 4.78 is 15.5. The molecular formula is C30H38BrNO3Si. The summed E-state index contributed by atoms with van der Waals surface area (Å²) in [7, 11) is 0.310. The second-order valence-corrected chi connectivity index (χ2v) is 15.2. The third-order valence-electron chi connectivity index (χ3n) is 6.27. The van der Waals surface area contributed by atoms with Gasteiger partial charge in [0.25, 0.3) is 5.56 Å². The fourth-order valence-corrected chi connectivity index (χ4v) is 5.85. The highest BCUT2D eigenvalue weighted by Gasteiger charge is 2.31. The third kappa shape index (κ3) is 6.21. The fraction of sp³-hybridized carbons (Fsp3) is 0.500. The summed E-state index contributed by atoms with van der Waals surface area (Å²) in [6.45, 7) is 17.1. The molecule has 1 saturated carbocycles. The van der Waals surface area contributed by atoms with E-state index in [1.165, 1.54) is 18.4 Å². The average Bonchev–Trinajstić information content (AvgIpc) is 3.60. The monoisotopic (exact) mass is 567 g/mol. The zero-order chi connectivity index (χ0) is 26.5. The van der Waals surface area contributed by atoms with Crippen molar-refractivity contribution >= 4 is 36.5 Å². The van der Waals surface area contributed by atoms with Crippen molar-refractivity contribution < 1.29 is 9.16 Å². The molecule has 0 spiro atoms. The minimum atomic E-state index is -0.618. The first-order valence-electron chi connectivity index (χ1n) is 12.7. The van der Waals surface area contributed by atoms with Gasteiger partial charge in [0.15, 0.2) is 0 Å². The largest absolute Gasteiger partial charge is 0.408 e. The lowest BCUT2D eigenvalue weighted by atomic mass is 9.95. The standard InChI is InChI=1S/C30H38BrNO3Si/c1-28(2,3)34-18-22-17-21-16-20(19-12-13-19)14-15-23(21)27(33)32(22)25-11-9-10-24(31)26(25)30(7,8)35-36-29(4,5)6/h9-11,14-17,19H,12-13,18H2,1-8H3. The molecule has 36 heavy (non-hydrogen) atoms. The quantitative estimate of drug-likeness (QED) is 0.271. The maximum Gasteiger partial charge on any atom is 0.263 e. The molecule has 192 valence electrons. The van der Waals surface area contributed by atoms with E-state index < -0.39 is 5.60 Å². The number of benzene rings is 2. The maximum absolute atomic E-state index is 14.1.